The van der Waals surface area contributed by atoms with Crippen LogP contribution < -0.4 is 25.4 Å². The van der Waals surface area contributed by atoms with E-state index in [4.69, 9.17) is 31.8 Å². The molecule has 1 aliphatic carbocycles. The Hall–Kier alpha value is -4.06. The maximum atomic E-state index is 17.1. The average molecular weight is 684 g/mol. The molecule has 3 aliphatic heterocycles. The largest absolute Gasteiger partial charge is 0.489 e. The van der Waals surface area contributed by atoms with Crippen LogP contribution in [-0.4, -0.2) is 77.9 Å². The minimum atomic E-state index is -0.962. The van der Waals surface area contributed by atoms with Crippen LogP contribution in [0.1, 0.15) is 37.7 Å². The van der Waals surface area contributed by atoms with E-state index in [2.05, 4.69) is 15.2 Å². The molecule has 3 N–H and O–H groups in total. The van der Waals surface area contributed by atoms with Gasteiger partial charge in [0.15, 0.2) is 11.6 Å². The summed E-state index contributed by atoms with van der Waals surface area (Å²) in [5.74, 6) is -0.975. The fourth-order valence-corrected chi connectivity index (χ4v) is 8.90. The number of thiophene rings is 1. The summed E-state index contributed by atoms with van der Waals surface area (Å²) >= 11 is 7.91. The van der Waals surface area contributed by atoms with Crippen LogP contribution in [-0.2, 0) is 4.79 Å². The lowest BCUT2D eigenvalue weighted by Crippen LogP contribution is -2.47. The summed E-state index contributed by atoms with van der Waals surface area (Å²) in [6.45, 7) is 1.54. The van der Waals surface area contributed by atoms with Gasteiger partial charge < -0.3 is 25.4 Å². The minimum Gasteiger partial charge on any atom is -0.489 e. The van der Waals surface area contributed by atoms with E-state index < -0.39 is 23.3 Å². The van der Waals surface area contributed by atoms with Crippen molar-refractivity contribution in [3.8, 4) is 29.0 Å². The Balaban J connectivity index is 1.35. The van der Waals surface area contributed by atoms with E-state index in [0.29, 0.717) is 25.2 Å². The van der Waals surface area contributed by atoms with E-state index in [1.807, 2.05) is 11.0 Å². The number of anilines is 2. The van der Waals surface area contributed by atoms with Gasteiger partial charge in [-0.1, -0.05) is 17.7 Å². The number of ether oxygens (including phenoxy) is 2. The number of nitrogen functional groups attached to an aromatic ring is 1. The second-order valence-corrected chi connectivity index (χ2v) is 14.1. The van der Waals surface area contributed by atoms with Gasteiger partial charge in [0.2, 0.25) is 6.41 Å². The molecule has 2 aromatic heterocycles. The highest BCUT2D eigenvalue weighted by Gasteiger charge is 2.49. The molecule has 8 rings (SSSR count). The van der Waals surface area contributed by atoms with Crippen molar-refractivity contribution >= 4 is 61.2 Å². The van der Waals surface area contributed by atoms with Gasteiger partial charge in [0, 0.05) is 36.5 Å². The molecule has 3 fully saturated rings. The molecule has 1 amide bonds. The molecule has 5 heterocycles. The van der Waals surface area contributed by atoms with Crippen molar-refractivity contribution in [1.29, 1.82) is 5.26 Å². The van der Waals surface area contributed by atoms with Crippen molar-refractivity contribution in [2.45, 2.75) is 55.9 Å². The molecule has 244 valence electrons. The number of benzene rings is 2. The fourth-order valence-electron chi connectivity index (χ4n) is 7.61. The lowest BCUT2D eigenvalue weighted by atomic mass is 9.95. The highest BCUT2D eigenvalue weighted by atomic mass is 35.5. The smallest absolute Gasteiger partial charge is 0.319 e. The number of rotatable bonds is 8. The Morgan fingerprint density at radius 1 is 1.30 bits per heavy atom. The van der Waals surface area contributed by atoms with Crippen molar-refractivity contribution < 1.29 is 27.4 Å². The number of hydrogen-bond donors (Lipinski definition) is 2. The number of nitrogens with zero attached hydrogens (tertiary/aromatic N) is 5. The van der Waals surface area contributed by atoms with Crippen molar-refractivity contribution in [3.63, 3.8) is 0 Å². The van der Waals surface area contributed by atoms with Crippen LogP contribution in [0.25, 0.3) is 32.1 Å². The molecule has 4 aromatic rings. The predicted molar refractivity (Wildman–Crippen MR) is 172 cm³/mol. The van der Waals surface area contributed by atoms with Gasteiger partial charge in [-0.2, -0.15) is 15.2 Å². The number of carbonyl (C=O) groups is 1. The molecule has 4 aliphatic rings. The number of halogens is 4. The third-order valence-electron chi connectivity index (χ3n) is 9.81. The van der Waals surface area contributed by atoms with Gasteiger partial charge in [-0.3, -0.25) is 9.69 Å². The SMILES string of the molecule is N#Cc1c(N)sc2c(F)ccc(-c3c(Cl)c4c5c(nc(OC[C@@]67CCCN6C[C@H](F)C7)nc5c3F)N(C3CC3)[C@@H](CNC=O)CO4)c12. The Kier molecular flexibility index (Phi) is 7.27. The quantitative estimate of drug-likeness (QED) is 0.237. The molecule has 10 nitrogen and oxygen atoms in total. The third-order valence-corrected chi connectivity index (χ3v) is 11.2. The second kappa shape index (κ2) is 11.3. The first-order chi connectivity index (χ1) is 22.7. The maximum Gasteiger partial charge on any atom is 0.319 e. The van der Waals surface area contributed by atoms with Gasteiger partial charge in [0.05, 0.1) is 32.3 Å². The molecule has 0 unspecified atom stereocenters. The Morgan fingerprint density at radius 3 is 2.89 bits per heavy atom. The van der Waals surface area contributed by atoms with Crippen molar-refractivity contribution in [3.05, 3.63) is 34.4 Å². The zero-order valence-corrected chi connectivity index (χ0v) is 26.6. The topological polar surface area (TPSA) is 130 Å². The van der Waals surface area contributed by atoms with E-state index >= 15 is 4.39 Å². The number of carbonyl (C=O) groups excluding carboxylic acids is 1. The summed E-state index contributed by atoms with van der Waals surface area (Å²) in [5, 5.41) is 13.0. The van der Waals surface area contributed by atoms with Gasteiger partial charge in [-0.25, -0.2) is 13.2 Å². The zero-order chi connectivity index (χ0) is 32.6. The molecule has 1 saturated carbocycles. The highest BCUT2D eigenvalue weighted by Crippen LogP contribution is 2.52. The predicted octanol–water partition coefficient (Wildman–Crippen LogP) is 5.33. The number of fused-ring (bicyclic) bond motifs is 2. The Labute approximate surface area is 276 Å². The normalized spacial score (nSPS) is 23.9. The third kappa shape index (κ3) is 4.73. The summed E-state index contributed by atoms with van der Waals surface area (Å²) in [6.07, 6.45) is 3.35. The van der Waals surface area contributed by atoms with Crippen LogP contribution in [0.15, 0.2) is 12.1 Å². The molecule has 47 heavy (non-hydrogen) atoms. The monoisotopic (exact) mass is 683 g/mol. The lowest BCUT2D eigenvalue weighted by molar-refractivity contribution is -0.109. The molecule has 3 atom stereocenters. The van der Waals surface area contributed by atoms with Gasteiger partial charge in [-0.15, -0.1) is 11.3 Å². The molecule has 0 bridgehead atoms. The average Bonchev–Trinajstić information content (AvgIpc) is 3.66. The Morgan fingerprint density at radius 2 is 2.13 bits per heavy atom. The van der Waals surface area contributed by atoms with Crippen LogP contribution in [0.4, 0.5) is 24.0 Å². The number of amides is 1. The van der Waals surface area contributed by atoms with Crippen LogP contribution in [0.2, 0.25) is 5.02 Å². The van der Waals surface area contributed by atoms with Crippen LogP contribution in [0, 0.1) is 23.0 Å². The molecule has 0 radical (unpaired) electrons. The van der Waals surface area contributed by atoms with Crippen molar-refractivity contribution in [2.24, 2.45) is 0 Å². The zero-order valence-electron chi connectivity index (χ0n) is 25.0. The number of alkyl halides is 1. The first-order valence-corrected chi connectivity index (χ1v) is 16.7. The number of hydrogen-bond acceptors (Lipinski definition) is 10. The van der Waals surface area contributed by atoms with E-state index in [1.54, 1.807) is 0 Å². The van der Waals surface area contributed by atoms with Crippen LogP contribution in [0.3, 0.4) is 0 Å². The molecular formula is C32H29ClF3N7O3S. The number of nitrogens with one attached hydrogen (secondary N) is 1. The van der Waals surface area contributed by atoms with Gasteiger partial charge in [-0.05, 0) is 43.9 Å². The van der Waals surface area contributed by atoms with E-state index in [0.717, 1.165) is 43.6 Å². The standard InChI is InChI=1S/C32H29ClF3N7O3S/c33-24-22(18-4-5-20(35)28-21(18)19(9-37)29(38)47-28)25(36)26-23-27(24)45-12-17(10-39-14-44)43(16-2-3-16)30(23)41-31(40-26)46-13-32-6-1-7-42(32)11-15(34)8-32/h4-5,14-17H,1-3,6-8,10-13,38H2,(H,39,44)/t15-,17+,32+/m1/s1. The molecular weight excluding hydrogens is 655 g/mol. The lowest BCUT2D eigenvalue weighted by Gasteiger charge is -2.32. The van der Waals surface area contributed by atoms with Gasteiger partial charge >= 0.3 is 6.01 Å². The minimum absolute atomic E-state index is 0.0114. The molecule has 0 spiro atoms. The summed E-state index contributed by atoms with van der Waals surface area (Å²) in [4.78, 5) is 24.8. The number of nitrogens with two attached hydrogens (primary N) is 1. The van der Waals surface area contributed by atoms with Crippen molar-refractivity contribution in [1.82, 2.24) is 20.2 Å². The van der Waals surface area contributed by atoms with E-state index in [1.165, 1.54) is 12.1 Å². The summed E-state index contributed by atoms with van der Waals surface area (Å²) in [6, 6.07) is 4.12. The van der Waals surface area contributed by atoms with Gasteiger partial charge in [0.25, 0.3) is 0 Å². The summed E-state index contributed by atoms with van der Waals surface area (Å²) in [5.41, 5.74) is 5.48. The van der Waals surface area contributed by atoms with Crippen molar-refractivity contribution in [2.75, 3.05) is 43.5 Å². The summed E-state index contributed by atoms with van der Waals surface area (Å²) in [7, 11) is 0. The maximum absolute atomic E-state index is 17.1. The Bertz CT molecular complexity index is 2000. The first-order valence-electron chi connectivity index (χ1n) is 15.5. The first kappa shape index (κ1) is 30.3. The fraction of sp³-hybridized carbons (Fsp3) is 0.438. The van der Waals surface area contributed by atoms with Gasteiger partial charge in [0.1, 0.15) is 47.6 Å². The van der Waals surface area contributed by atoms with E-state index in [-0.39, 0.29) is 91.3 Å². The number of aromatic nitrogens is 2. The van der Waals surface area contributed by atoms with E-state index in [9.17, 15) is 18.8 Å². The number of nitriles is 1. The highest BCUT2D eigenvalue weighted by molar-refractivity contribution is 7.23. The van der Waals surface area contributed by atoms with Crippen LogP contribution in [0.5, 0.6) is 11.8 Å². The second-order valence-electron chi connectivity index (χ2n) is 12.6. The van der Waals surface area contributed by atoms with Crippen LogP contribution >= 0.6 is 22.9 Å². The molecule has 2 saturated heterocycles. The molecule has 15 heteroatoms. The summed E-state index contributed by atoms with van der Waals surface area (Å²) < 4.78 is 59.3. The molecule has 2 aromatic carbocycles.